The molecule has 5 aromatic rings. The van der Waals surface area contributed by atoms with E-state index in [0.717, 1.165) is 28.6 Å². The van der Waals surface area contributed by atoms with Crippen LogP contribution < -0.4 is 20.7 Å². The molecule has 0 bridgehead atoms. The van der Waals surface area contributed by atoms with Gasteiger partial charge in [0.1, 0.15) is 5.75 Å². The first-order chi connectivity index (χ1) is 18.6. The van der Waals surface area contributed by atoms with Gasteiger partial charge in [0.05, 0.1) is 12.7 Å². The van der Waals surface area contributed by atoms with Crippen molar-refractivity contribution >= 4 is 45.7 Å². The number of nitrogens with zero attached hydrogens (tertiary/aromatic N) is 1. The van der Waals surface area contributed by atoms with Gasteiger partial charge < -0.3 is 4.74 Å². The molecule has 0 aromatic heterocycles. The van der Waals surface area contributed by atoms with Gasteiger partial charge in [0.25, 0.3) is 0 Å². The second-order valence-electron chi connectivity index (χ2n) is 8.83. The molecule has 0 saturated carbocycles. The van der Waals surface area contributed by atoms with Crippen molar-refractivity contribution in [3.05, 3.63) is 151 Å². The van der Waals surface area contributed by atoms with Gasteiger partial charge in [-0.1, -0.05) is 127 Å². The lowest BCUT2D eigenvalue weighted by Crippen LogP contribution is -2.25. The molecule has 5 rings (SSSR count). The average molecular weight is 534 g/mol. The van der Waals surface area contributed by atoms with E-state index in [0.29, 0.717) is 11.5 Å². The van der Waals surface area contributed by atoms with Crippen LogP contribution in [0.5, 0.6) is 5.75 Å². The van der Waals surface area contributed by atoms with Crippen molar-refractivity contribution in [1.82, 2.24) is 0 Å². The van der Waals surface area contributed by atoms with E-state index >= 15 is 0 Å². The molecular formula is C33H28NO2PS. The maximum atomic E-state index is 12.6. The highest BCUT2D eigenvalue weighted by atomic mass is 32.2. The Hall–Kier alpha value is -3.85. The van der Waals surface area contributed by atoms with E-state index in [2.05, 4.69) is 97.9 Å². The van der Waals surface area contributed by atoms with Crippen molar-refractivity contribution in [3.63, 3.8) is 0 Å². The highest BCUT2D eigenvalue weighted by molar-refractivity contribution is 8.12. The summed E-state index contributed by atoms with van der Waals surface area (Å²) in [7, 11) is -2.42. The smallest absolute Gasteiger partial charge is 0.373 e. The second kappa shape index (κ2) is 12.1. The minimum Gasteiger partial charge on any atom is -0.418 e. The predicted octanol–water partition coefficient (Wildman–Crippen LogP) is 8.24. The Balaban J connectivity index is 1.63. The van der Waals surface area contributed by atoms with Crippen LogP contribution in [0.2, 0.25) is 0 Å². The Bertz CT molecular complexity index is 1450. The van der Waals surface area contributed by atoms with Crippen LogP contribution in [-0.4, -0.2) is 5.30 Å². The summed E-state index contributed by atoms with van der Waals surface area (Å²) in [5.74, 6) is 1.01. The van der Waals surface area contributed by atoms with Crippen LogP contribution in [0.3, 0.4) is 0 Å². The number of rotatable bonds is 7. The van der Waals surface area contributed by atoms with Crippen LogP contribution in [0, 0.1) is 6.92 Å². The summed E-state index contributed by atoms with van der Waals surface area (Å²) in [5, 5.41) is 3.21. The molecule has 0 fully saturated rings. The van der Waals surface area contributed by atoms with Gasteiger partial charge in [0, 0.05) is 21.7 Å². The van der Waals surface area contributed by atoms with Crippen molar-refractivity contribution in [1.29, 1.82) is 0 Å². The molecule has 0 N–H and O–H groups in total. The lowest BCUT2D eigenvalue weighted by molar-refractivity contribution is 0.227. The van der Waals surface area contributed by atoms with Gasteiger partial charge in [0.15, 0.2) is 0 Å². The fraction of sp³-hybridized carbons (Fsp3) is 0.0606. The molecule has 0 spiro atoms. The van der Waals surface area contributed by atoms with Crippen LogP contribution in [0.25, 0.3) is 0 Å². The van der Waals surface area contributed by atoms with Gasteiger partial charge in [-0.15, -0.1) is 0 Å². The van der Waals surface area contributed by atoms with Gasteiger partial charge in [-0.05, 0) is 42.4 Å². The van der Waals surface area contributed by atoms with Crippen LogP contribution >= 0.6 is 18.8 Å². The van der Waals surface area contributed by atoms with Crippen LogP contribution in [0.1, 0.15) is 11.1 Å². The Morgan fingerprint density at radius 3 is 1.66 bits per heavy atom. The van der Waals surface area contributed by atoms with E-state index < -0.39 is 7.05 Å². The minimum atomic E-state index is -2.42. The van der Waals surface area contributed by atoms with Gasteiger partial charge in [-0.25, -0.2) is 4.79 Å². The molecule has 0 unspecified atom stereocenters. The number of hydrogen-bond donors (Lipinski definition) is 0. The van der Waals surface area contributed by atoms with Crippen molar-refractivity contribution in [2.75, 3.05) is 0 Å². The normalized spacial score (nSPS) is 11.1. The van der Waals surface area contributed by atoms with Crippen molar-refractivity contribution in [2.45, 2.75) is 12.7 Å². The fourth-order valence-electron chi connectivity index (χ4n) is 4.39. The number of aryl methyl sites for hydroxylation is 1. The molecular weight excluding hydrogens is 505 g/mol. The first-order valence-corrected chi connectivity index (χ1v) is 15.2. The van der Waals surface area contributed by atoms with E-state index in [9.17, 15) is 4.79 Å². The monoisotopic (exact) mass is 533 g/mol. The molecule has 0 aliphatic rings. The van der Waals surface area contributed by atoms with Crippen molar-refractivity contribution in [3.8, 4) is 5.75 Å². The molecule has 5 heteroatoms. The topological polar surface area (TPSA) is 38.7 Å². The zero-order valence-corrected chi connectivity index (χ0v) is 22.8. The number of hydrogen-bond acceptors (Lipinski definition) is 4. The number of benzene rings is 5. The Morgan fingerprint density at radius 1 is 0.684 bits per heavy atom. The lowest BCUT2D eigenvalue weighted by Gasteiger charge is -2.27. The Morgan fingerprint density at radius 2 is 1.16 bits per heavy atom. The third-order valence-corrected chi connectivity index (χ3v) is 10.6. The van der Waals surface area contributed by atoms with Crippen LogP contribution in [-0.2, 0) is 5.75 Å². The summed E-state index contributed by atoms with van der Waals surface area (Å²) in [4.78, 5) is 12.6. The highest BCUT2D eigenvalue weighted by Gasteiger charge is 2.27. The number of para-hydroxylation sites is 1. The third-order valence-electron chi connectivity index (χ3n) is 6.17. The minimum absolute atomic E-state index is 0.334. The fourth-order valence-corrected chi connectivity index (χ4v) is 8.62. The van der Waals surface area contributed by atoms with Crippen LogP contribution in [0.15, 0.2) is 144 Å². The molecule has 188 valence electrons. The van der Waals surface area contributed by atoms with Gasteiger partial charge in [0.2, 0.25) is 0 Å². The standard InChI is InChI=1S/C33H28NO2PS/c1-26-22-23-32(27(24-26)25-38-33(35)36-28-14-6-2-7-15-28)34-37(29-16-8-3-9-17-29,30-18-10-4-11-19-30)31-20-12-5-13-21-31/h2-24H,25H2,1H3. The summed E-state index contributed by atoms with van der Waals surface area (Å²) in [6.45, 7) is 2.06. The molecule has 0 saturated heterocycles. The molecule has 0 amide bonds. The molecule has 5 aromatic carbocycles. The molecule has 0 heterocycles. The number of thioether (sulfide) groups is 1. The second-order valence-corrected chi connectivity index (χ2v) is 12.8. The molecule has 0 aliphatic heterocycles. The molecule has 0 aliphatic carbocycles. The Kier molecular flexibility index (Phi) is 8.23. The van der Waals surface area contributed by atoms with Crippen molar-refractivity contribution in [2.24, 2.45) is 4.74 Å². The zero-order valence-electron chi connectivity index (χ0n) is 21.1. The predicted molar refractivity (Wildman–Crippen MR) is 162 cm³/mol. The summed E-state index contributed by atoms with van der Waals surface area (Å²) in [6, 6.07) is 47.1. The quantitative estimate of drug-likeness (QED) is 0.156. The van der Waals surface area contributed by atoms with E-state index in [1.165, 1.54) is 15.9 Å². The largest absolute Gasteiger partial charge is 0.418 e. The summed E-state index contributed by atoms with van der Waals surface area (Å²) < 4.78 is 11.2. The average Bonchev–Trinajstić information content (AvgIpc) is 2.97. The molecule has 3 nitrogen and oxygen atoms in total. The summed E-state index contributed by atoms with van der Waals surface area (Å²) >= 11 is 1.15. The maximum Gasteiger partial charge on any atom is 0.373 e. The SMILES string of the molecule is Cc1ccc(N=P(c2ccccc2)(c2ccccc2)c2ccccc2)c(CSC(=O)Oc2ccccc2)c1. The maximum absolute atomic E-state index is 12.6. The zero-order chi connectivity index (χ0) is 26.2. The molecule has 0 atom stereocenters. The van der Waals surface area contributed by atoms with Crippen LogP contribution in [0.4, 0.5) is 10.5 Å². The number of ether oxygens (including phenoxy) is 1. The van der Waals surface area contributed by atoms with E-state index in [4.69, 9.17) is 9.48 Å². The van der Waals surface area contributed by atoms with Gasteiger partial charge in [-0.3, -0.25) is 4.74 Å². The summed E-state index contributed by atoms with van der Waals surface area (Å²) in [5.41, 5.74) is 3.02. The lowest BCUT2D eigenvalue weighted by atomic mass is 10.1. The summed E-state index contributed by atoms with van der Waals surface area (Å²) in [6.07, 6.45) is 0. The van der Waals surface area contributed by atoms with Crippen molar-refractivity contribution < 1.29 is 9.53 Å². The highest BCUT2D eigenvalue weighted by Crippen LogP contribution is 2.50. The third kappa shape index (κ3) is 5.83. The molecule has 0 radical (unpaired) electrons. The molecule has 38 heavy (non-hydrogen) atoms. The first kappa shape index (κ1) is 25.8. The number of carbonyl (C=O) groups is 1. The van der Waals surface area contributed by atoms with E-state index in [1.54, 1.807) is 12.1 Å². The Labute approximate surface area is 228 Å². The van der Waals surface area contributed by atoms with Gasteiger partial charge >= 0.3 is 5.30 Å². The first-order valence-electron chi connectivity index (χ1n) is 12.4. The van der Waals surface area contributed by atoms with E-state index in [1.807, 2.05) is 36.4 Å². The number of carbonyl (C=O) groups excluding carboxylic acids is 1. The van der Waals surface area contributed by atoms with E-state index in [-0.39, 0.29) is 5.30 Å². The van der Waals surface area contributed by atoms with Gasteiger partial charge in [-0.2, -0.15) is 0 Å².